The Hall–Kier alpha value is -3.64. The number of benzene rings is 2. The Balaban J connectivity index is 2.77. The van der Waals surface area contributed by atoms with Crippen LogP contribution in [0, 0.1) is 22.7 Å². The van der Waals surface area contributed by atoms with Crippen LogP contribution in [0.2, 0.25) is 0 Å². The molecule has 0 saturated carbocycles. The quantitative estimate of drug-likeness (QED) is 0.896. The van der Waals surface area contributed by atoms with Crippen LogP contribution in [-0.2, 0) is 0 Å². The summed E-state index contributed by atoms with van der Waals surface area (Å²) in [6, 6.07) is 11.6. The Morgan fingerprint density at radius 1 is 0.773 bits per heavy atom. The fourth-order valence-electron chi connectivity index (χ4n) is 2.05. The lowest BCUT2D eigenvalue weighted by Crippen LogP contribution is -2.05. The minimum Gasteiger partial charge on any atom is -0.478 e. The Labute approximate surface area is 125 Å². The van der Waals surface area contributed by atoms with Crippen molar-refractivity contribution >= 4 is 11.9 Å². The van der Waals surface area contributed by atoms with E-state index >= 15 is 0 Å². The number of rotatable bonds is 3. The van der Waals surface area contributed by atoms with Crippen LogP contribution in [0.5, 0.6) is 0 Å². The van der Waals surface area contributed by atoms with E-state index in [4.69, 9.17) is 10.5 Å². The molecule has 22 heavy (non-hydrogen) atoms. The molecule has 6 nitrogen and oxygen atoms in total. The zero-order valence-electron chi connectivity index (χ0n) is 11.1. The fraction of sp³-hybridized carbons (Fsp3) is 0. The summed E-state index contributed by atoms with van der Waals surface area (Å²) in [4.78, 5) is 22.7. The van der Waals surface area contributed by atoms with Gasteiger partial charge < -0.3 is 10.2 Å². The Kier molecular flexibility index (Phi) is 3.88. The van der Waals surface area contributed by atoms with E-state index in [9.17, 15) is 19.8 Å². The van der Waals surface area contributed by atoms with Crippen LogP contribution in [0.3, 0.4) is 0 Å². The number of carboxylic acids is 2. The van der Waals surface area contributed by atoms with Crippen molar-refractivity contribution in [3.63, 3.8) is 0 Å². The third kappa shape index (κ3) is 2.62. The molecule has 2 aromatic rings. The molecule has 2 N–H and O–H groups in total. The number of carboxylic acid groups (broad SMARTS) is 2. The largest absolute Gasteiger partial charge is 0.478 e. The summed E-state index contributed by atoms with van der Waals surface area (Å²) in [5, 5.41) is 36.2. The predicted molar refractivity (Wildman–Crippen MR) is 75.2 cm³/mol. The average molecular weight is 292 g/mol. The highest BCUT2D eigenvalue weighted by Gasteiger charge is 2.18. The molecule has 0 unspecified atom stereocenters. The first kappa shape index (κ1) is 14.8. The van der Waals surface area contributed by atoms with Crippen LogP contribution in [0.25, 0.3) is 11.1 Å². The molecule has 6 heteroatoms. The summed E-state index contributed by atoms with van der Waals surface area (Å²) in [5.74, 6) is -2.54. The molecule has 0 radical (unpaired) electrons. The predicted octanol–water partition coefficient (Wildman–Crippen LogP) is 2.49. The third-order valence-corrected chi connectivity index (χ3v) is 3.05. The number of aromatic carboxylic acids is 2. The molecule has 0 aliphatic heterocycles. The van der Waals surface area contributed by atoms with Gasteiger partial charge in [0.25, 0.3) is 0 Å². The topological polar surface area (TPSA) is 122 Å². The summed E-state index contributed by atoms with van der Waals surface area (Å²) in [7, 11) is 0. The highest BCUT2D eigenvalue weighted by Crippen LogP contribution is 2.29. The number of hydrogen-bond acceptors (Lipinski definition) is 4. The summed E-state index contributed by atoms with van der Waals surface area (Å²) in [6.07, 6.45) is 0. The van der Waals surface area contributed by atoms with Gasteiger partial charge in [0.2, 0.25) is 0 Å². The second-order valence-corrected chi connectivity index (χ2v) is 4.35. The van der Waals surface area contributed by atoms with E-state index in [1.165, 1.54) is 36.4 Å². The van der Waals surface area contributed by atoms with Crippen molar-refractivity contribution in [3.05, 3.63) is 58.7 Å². The van der Waals surface area contributed by atoms with Crippen molar-refractivity contribution in [2.75, 3.05) is 0 Å². The van der Waals surface area contributed by atoms with E-state index in [-0.39, 0.29) is 33.4 Å². The molecular formula is C16H8N2O4. The zero-order chi connectivity index (χ0) is 16.3. The second-order valence-electron chi connectivity index (χ2n) is 4.35. The van der Waals surface area contributed by atoms with Crippen molar-refractivity contribution in [1.82, 2.24) is 0 Å². The van der Waals surface area contributed by atoms with E-state index < -0.39 is 11.9 Å². The zero-order valence-corrected chi connectivity index (χ0v) is 11.1. The normalized spacial score (nSPS) is 9.55. The third-order valence-electron chi connectivity index (χ3n) is 3.05. The standard InChI is InChI=1S/C16H8N2O4/c17-7-9-1-3-11(13(5-9)15(19)20)12-4-2-10(8-18)6-14(12)16(21)22/h1-6H,(H,19,20)(H,21,22). The lowest BCUT2D eigenvalue weighted by Gasteiger charge is -2.10. The van der Waals surface area contributed by atoms with E-state index in [0.29, 0.717) is 0 Å². The van der Waals surface area contributed by atoms with Crippen LogP contribution in [0.1, 0.15) is 31.8 Å². The minimum absolute atomic E-state index is 0.159. The van der Waals surface area contributed by atoms with Gasteiger partial charge in [-0.15, -0.1) is 0 Å². The Morgan fingerprint density at radius 2 is 1.14 bits per heavy atom. The van der Waals surface area contributed by atoms with Gasteiger partial charge in [0.15, 0.2) is 0 Å². The minimum atomic E-state index is -1.27. The molecule has 0 bridgehead atoms. The molecule has 0 atom stereocenters. The lowest BCUT2D eigenvalue weighted by atomic mass is 9.93. The molecule has 0 aliphatic rings. The highest BCUT2D eigenvalue weighted by atomic mass is 16.4. The molecule has 0 heterocycles. The van der Waals surface area contributed by atoms with Gasteiger partial charge in [-0.25, -0.2) is 9.59 Å². The van der Waals surface area contributed by atoms with Gasteiger partial charge >= 0.3 is 11.9 Å². The van der Waals surface area contributed by atoms with Gasteiger partial charge in [0.1, 0.15) is 0 Å². The first-order valence-corrected chi connectivity index (χ1v) is 6.03. The van der Waals surface area contributed by atoms with Gasteiger partial charge in [-0.3, -0.25) is 0 Å². The summed E-state index contributed by atoms with van der Waals surface area (Å²) >= 11 is 0. The maximum absolute atomic E-state index is 11.4. The van der Waals surface area contributed by atoms with Crippen LogP contribution >= 0.6 is 0 Å². The van der Waals surface area contributed by atoms with Crippen LogP contribution in [-0.4, -0.2) is 22.2 Å². The molecule has 2 rings (SSSR count). The van der Waals surface area contributed by atoms with Gasteiger partial charge in [-0.1, -0.05) is 12.1 Å². The fourth-order valence-corrected chi connectivity index (χ4v) is 2.05. The Morgan fingerprint density at radius 3 is 1.41 bits per heavy atom. The number of carbonyl (C=O) groups is 2. The first-order valence-electron chi connectivity index (χ1n) is 6.03. The summed E-state index contributed by atoms with van der Waals surface area (Å²) < 4.78 is 0. The van der Waals surface area contributed by atoms with Crippen molar-refractivity contribution in [2.45, 2.75) is 0 Å². The van der Waals surface area contributed by atoms with Crippen molar-refractivity contribution in [1.29, 1.82) is 10.5 Å². The molecule has 0 amide bonds. The SMILES string of the molecule is N#Cc1ccc(-c2ccc(C#N)cc2C(=O)O)c(C(=O)O)c1. The molecule has 0 aromatic heterocycles. The van der Waals surface area contributed by atoms with Crippen molar-refractivity contribution < 1.29 is 19.8 Å². The van der Waals surface area contributed by atoms with Crippen LogP contribution < -0.4 is 0 Å². The van der Waals surface area contributed by atoms with E-state index in [1.54, 1.807) is 0 Å². The van der Waals surface area contributed by atoms with Gasteiger partial charge in [-0.05, 0) is 35.4 Å². The lowest BCUT2D eigenvalue weighted by molar-refractivity contribution is 0.0684. The smallest absolute Gasteiger partial charge is 0.336 e. The van der Waals surface area contributed by atoms with Crippen molar-refractivity contribution in [2.24, 2.45) is 0 Å². The molecule has 0 spiro atoms. The number of hydrogen-bond donors (Lipinski definition) is 2. The maximum Gasteiger partial charge on any atom is 0.336 e. The highest BCUT2D eigenvalue weighted by molar-refractivity contribution is 6.02. The van der Waals surface area contributed by atoms with Gasteiger partial charge in [-0.2, -0.15) is 10.5 Å². The van der Waals surface area contributed by atoms with Crippen molar-refractivity contribution in [3.8, 4) is 23.3 Å². The molecule has 2 aromatic carbocycles. The van der Waals surface area contributed by atoms with E-state index in [2.05, 4.69) is 0 Å². The summed E-state index contributed by atoms with van der Waals surface area (Å²) in [5.41, 5.74) is 0.317. The maximum atomic E-state index is 11.4. The monoisotopic (exact) mass is 292 g/mol. The van der Waals surface area contributed by atoms with Gasteiger partial charge in [0.05, 0.1) is 34.4 Å². The molecule has 106 valence electrons. The van der Waals surface area contributed by atoms with E-state index in [1.807, 2.05) is 12.1 Å². The van der Waals surface area contributed by atoms with Gasteiger partial charge in [0, 0.05) is 0 Å². The van der Waals surface area contributed by atoms with Crippen LogP contribution in [0.15, 0.2) is 36.4 Å². The van der Waals surface area contributed by atoms with E-state index in [0.717, 1.165) is 0 Å². The second kappa shape index (κ2) is 5.78. The molecule has 0 saturated heterocycles. The number of nitriles is 2. The average Bonchev–Trinajstić information content (AvgIpc) is 2.53. The molecular weight excluding hydrogens is 284 g/mol. The summed E-state index contributed by atoms with van der Waals surface area (Å²) in [6.45, 7) is 0. The van der Waals surface area contributed by atoms with Crippen LogP contribution in [0.4, 0.5) is 0 Å². The first-order chi connectivity index (χ1) is 10.5. The Bertz CT molecular complexity index is 799. The molecule has 0 fully saturated rings. The molecule has 0 aliphatic carbocycles. The number of nitrogens with zero attached hydrogens (tertiary/aromatic N) is 2.